The van der Waals surface area contributed by atoms with Crippen LogP contribution in [0.3, 0.4) is 0 Å². The number of aromatic nitrogens is 6. The second-order valence-electron chi connectivity index (χ2n) is 8.39. The molecule has 5 rings (SSSR count). The van der Waals surface area contributed by atoms with Crippen LogP contribution in [0.2, 0.25) is 0 Å². The summed E-state index contributed by atoms with van der Waals surface area (Å²) >= 11 is 0. The number of rotatable bonds is 7. The number of benzene rings is 2. The average molecular weight is 456 g/mol. The highest BCUT2D eigenvalue weighted by molar-refractivity contribution is 5.90. The first-order valence-corrected chi connectivity index (χ1v) is 11.5. The Morgan fingerprint density at radius 3 is 2.56 bits per heavy atom. The van der Waals surface area contributed by atoms with Gasteiger partial charge in [-0.2, -0.15) is 0 Å². The summed E-state index contributed by atoms with van der Waals surface area (Å²) < 4.78 is 1.59. The van der Waals surface area contributed by atoms with Gasteiger partial charge in [0.1, 0.15) is 0 Å². The molecule has 2 aromatic carbocycles. The molecule has 0 bridgehead atoms. The number of carbonyl (C=O) groups is 1. The molecule has 4 aromatic rings. The van der Waals surface area contributed by atoms with Gasteiger partial charge in [-0.05, 0) is 40.0 Å². The highest BCUT2D eigenvalue weighted by atomic mass is 16.2. The number of hydrogen-bond acceptors (Lipinski definition) is 6. The fourth-order valence-electron chi connectivity index (χ4n) is 4.29. The zero-order valence-electron chi connectivity index (χ0n) is 18.9. The van der Waals surface area contributed by atoms with Crippen LogP contribution in [0.4, 0.5) is 5.95 Å². The lowest BCUT2D eigenvalue weighted by Crippen LogP contribution is -2.36. The molecule has 0 fully saturated rings. The molecule has 0 atom stereocenters. The summed E-state index contributed by atoms with van der Waals surface area (Å²) in [6.07, 6.45) is 3.43. The van der Waals surface area contributed by atoms with Crippen LogP contribution in [0.1, 0.15) is 43.0 Å². The van der Waals surface area contributed by atoms with E-state index in [9.17, 15) is 9.59 Å². The predicted octanol–water partition coefficient (Wildman–Crippen LogP) is 3.37. The van der Waals surface area contributed by atoms with Crippen LogP contribution in [0.15, 0.2) is 53.3 Å². The largest absolute Gasteiger partial charge is 0.296 e. The molecule has 2 aromatic heterocycles. The number of H-pyrrole nitrogens is 1. The summed E-state index contributed by atoms with van der Waals surface area (Å²) in [6, 6.07) is 16.1. The van der Waals surface area contributed by atoms with Crippen molar-refractivity contribution in [2.75, 3.05) is 5.32 Å². The number of tetrazole rings is 1. The molecule has 0 saturated heterocycles. The minimum atomic E-state index is -0.0990. The number of aryl methyl sites for hydroxylation is 1. The second kappa shape index (κ2) is 9.38. The van der Waals surface area contributed by atoms with Gasteiger partial charge >= 0.3 is 0 Å². The number of nitrogens with one attached hydrogen (secondary N) is 2. The van der Waals surface area contributed by atoms with Crippen molar-refractivity contribution in [1.29, 1.82) is 0 Å². The number of unbranched alkanes of at least 4 members (excludes halogenated alkanes) is 1. The van der Waals surface area contributed by atoms with Gasteiger partial charge in [-0.25, -0.2) is 10.1 Å². The van der Waals surface area contributed by atoms with Crippen LogP contribution in [-0.2, 0) is 24.2 Å². The Bertz CT molecular complexity index is 1380. The molecule has 0 radical (unpaired) electrons. The first-order valence-electron chi connectivity index (χ1n) is 11.5. The molecular weight excluding hydrogens is 430 g/mol. The van der Waals surface area contributed by atoms with Crippen molar-refractivity contribution in [3.05, 3.63) is 75.7 Å². The van der Waals surface area contributed by atoms with Crippen molar-refractivity contribution in [1.82, 2.24) is 30.2 Å². The normalized spacial score (nSPS) is 12.9. The lowest BCUT2D eigenvalue weighted by molar-refractivity contribution is -0.116. The molecular formula is C25H25N7O2. The maximum absolute atomic E-state index is 13.3. The van der Waals surface area contributed by atoms with Crippen molar-refractivity contribution in [2.24, 2.45) is 0 Å². The fraction of sp³-hybridized carbons (Fsp3) is 0.280. The highest BCUT2D eigenvalue weighted by Crippen LogP contribution is 2.30. The van der Waals surface area contributed by atoms with Crippen molar-refractivity contribution >= 4 is 11.9 Å². The molecule has 0 unspecified atom stereocenters. The summed E-state index contributed by atoms with van der Waals surface area (Å²) in [5, 5.41) is 17.0. The maximum atomic E-state index is 13.3. The molecule has 1 aliphatic rings. The van der Waals surface area contributed by atoms with Gasteiger partial charge in [-0.1, -0.05) is 61.9 Å². The molecule has 9 heteroatoms. The molecule has 1 aliphatic heterocycles. The highest BCUT2D eigenvalue weighted by Gasteiger charge is 2.22. The third-order valence-corrected chi connectivity index (χ3v) is 6.10. The number of hydrogen-bond donors (Lipinski definition) is 2. The zero-order chi connectivity index (χ0) is 23.5. The number of nitrogens with zero attached hydrogens (tertiary/aromatic N) is 5. The molecule has 1 amide bonds. The Balaban J connectivity index is 1.47. The lowest BCUT2D eigenvalue weighted by Gasteiger charge is -2.21. The van der Waals surface area contributed by atoms with E-state index in [1.54, 1.807) is 4.57 Å². The second-order valence-corrected chi connectivity index (χ2v) is 8.39. The number of aromatic amines is 1. The van der Waals surface area contributed by atoms with E-state index >= 15 is 0 Å². The molecule has 9 nitrogen and oxygen atoms in total. The summed E-state index contributed by atoms with van der Waals surface area (Å²) in [7, 11) is 0. The van der Waals surface area contributed by atoms with E-state index in [-0.39, 0.29) is 17.9 Å². The van der Waals surface area contributed by atoms with Gasteiger partial charge in [0.05, 0.1) is 5.69 Å². The first-order chi connectivity index (χ1) is 16.6. The Morgan fingerprint density at radius 2 is 1.82 bits per heavy atom. The van der Waals surface area contributed by atoms with Gasteiger partial charge in [-0.15, -0.1) is 5.10 Å². The van der Waals surface area contributed by atoms with Crippen LogP contribution in [-0.4, -0.2) is 36.1 Å². The van der Waals surface area contributed by atoms with E-state index in [0.29, 0.717) is 36.7 Å². The molecule has 0 spiro atoms. The Hall–Kier alpha value is -4.14. The summed E-state index contributed by atoms with van der Waals surface area (Å²) in [5.41, 5.74) is 5.40. The average Bonchev–Trinajstić information content (AvgIpc) is 3.40. The minimum absolute atomic E-state index is 0.0663. The monoisotopic (exact) mass is 455 g/mol. The van der Waals surface area contributed by atoms with Crippen LogP contribution in [0.5, 0.6) is 0 Å². The van der Waals surface area contributed by atoms with Gasteiger partial charge in [0.2, 0.25) is 11.9 Å². The SMILES string of the molecule is CCCCc1nc2n(c(=O)c1Cc1ccc(-c3ccccc3-c3nnn[nH]3)cc1)CCC(=O)N2. The van der Waals surface area contributed by atoms with Crippen molar-refractivity contribution in [3.63, 3.8) is 0 Å². The van der Waals surface area contributed by atoms with Crippen LogP contribution in [0.25, 0.3) is 22.5 Å². The smallest absolute Gasteiger partial charge is 0.258 e. The minimum Gasteiger partial charge on any atom is -0.296 e. The Labute approximate surface area is 196 Å². The van der Waals surface area contributed by atoms with Gasteiger partial charge in [0.15, 0.2) is 5.82 Å². The number of amides is 1. The van der Waals surface area contributed by atoms with E-state index in [1.165, 1.54) is 0 Å². The third-order valence-electron chi connectivity index (χ3n) is 6.10. The van der Waals surface area contributed by atoms with E-state index in [1.807, 2.05) is 48.5 Å². The zero-order valence-corrected chi connectivity index (χ0v) is 18.9. The summed E-state index contributed by atoms with van der Waals surface area (Å²) in [4.78, 5) is 29.8. The maximum Gasteiger partial charge on any atom is 0.258 e. The first kappa shape index (κ1) is 21.7. The van der Waals surface area contributed by atoms with Crippen molar-refractivity contribution < 1.29 is 4.79 Å². The number of carbonyl (C=O) groups excluding carboxylic acids is 1. The molecule has 3 heterocycles. The standard InChI is InChI=1S/C25H25N7O2/c1-2-3-8-21-20(24(34)32-14-13-22(33)27-25(32)26-21)15-16-9-11-17(12-10-16)18-6-4-5-7-19(18)23-28-30-31-29-23/h4-7,9-12H,2-3,8,13-15H2,1H3,(H,26,27,33)(H,28,29,30,31). The summed E-state index contributed by atoms with van der Waals surface area (Å²) in [6.45, 7) is 2.47. The topological polar surface area (TPSA) is 118 Å². The number of anilines is 1. The lowest BCUT2D eigenvalue weighted by atomic mass is 9.96. The van der Waals surface area contributed by atoms with Gasteiger partial charge in [-0.3, -0.25) is 19.5 Å². The van der Waals surface area contributed by atoms with E-state index in [0.717, 1.165) is 40.8 Å². The number of fused-ring (bicyclic) bond motifs is 1. The third kappa shape index (κ3) is 4.24. The fourth-order valence-corrected chi connectivity index (χ4v) is 4.29. The molecule has 0 aliphatic carbocycles. The van der Waals surface area contributed by atoms with Crippen LogP contribution < -0.4 is 10.9 Å². The van der Waals surface area contributed by atoms with Gasteiger partial charge in [0.25, 0.3) is 5.56 Å². The molecule has 34 heavy (non-hydrogen) atoms. The van der Waals surface area contributed by atoms with E-state index < -0.39 is 0 Å². The predicted molar refractivity (Wildman–Crippen MR) is 128 cm³/mol. The van der Waals surface area contributed by atoms with Crippen LogP contribution in [0, 0.1) is 0 Å². The van der Waals surface area contributed by atoms with E-state index in [4.69, 9.17) is 0 Å². The Kier molecular flexibility index (Phi) is 5.99. The van der Waals surface area contributed by atoms with Crippen molar-refractivity contribution in [2.45, 2.75) is 45.6 Å². The molecule has 172 valence electrons. The summed E-state index contributed by atoms with van der Waals surface area (Å²) in [5.74, 6) is 0.878. The van der Waals surface area contributed by atoms with E-state index in [2.05, 4.69) is 37.8 Å². The quantitative estimate of drug-likeness (QED) is 0.441. The molecule has 2 N–H and O–H groups in total. The Morgan fingerprint density at radius 1 is 1.03 bits per heavy atom. The molecule has 0 saturated carbocycles. The van der Waals surface area contributed by atoms with Crippen molar-refractivity contribution in [3.8, 4) is 22.5 Å². The van der Waals surface area contributed by atoms with Crippen LogP contribution >= 0.6 is 0 Å². The van der Waals surface area contributed by atoms with Gasteiger partial charge in [0, 0.05) is 30.5 Å². The van der Waals surface area contributed by atoms with Gasteiger partial charge < -0.3 is 0 Å².